The van der Waals surface area contributed by atoms with Gasteiger partial charge in [0.25, 0.3) is 11.8 Å². The van der Waals surface area contributed by atoms with E-state index in [2.05, 4.69) is 20.9 Å². The second kappa shape index (κ2) is 6.62. The highest BCUT2D eigenvalue weighted by Crippen LogP contribution is 2.38. The minimum atomic E-state index is -1.07. The monoisotopic (exact) mass is 465 g/mol. The SMILES string of the molecule is C[C@@]1(Cc2ccc(Br)cc2)C(=O)N(c2cc(Cl)cc(Cl)c2)C2=NCC(=O)N21. The first-order valence-corrected chi connectivity index (χ1v) is 9.77. The predicted octanol–water partition coefficient (Wildman–Crippen LogP) is 4.30. The summed E-state index contributed by atoms with van der Waals surface area (Å²) < 4.78 is 0.948. The Bertz CT molecular complexity index is 973. The van der Waals surface area contributed by atoms with Crippen LogP contribution in [0.4, 0.5) is 5.69 Å². The second-order valence-electron chi connectivity index (χ2n) is 6.69. The van der Waals surface area contributed by atoms with Crippen molar-refractivity contribution in [2.24, 2.45) is 4.99 Å². The molecule has 2 heterocycles. The number of fused-ring (bicyclic) bond motifs is 1. The molecule has 0 aromatic heterocycles. The number of hydrogen-bond acceptors (Lipinski definition) is 3. The number of rotatable bonds is 3. The van der Waals surface area contributed by atoms with Crippen LogP contribution in [0, 0.1) is 0 Å². The van der Waals surface area contributed by atoms with Gasteiger partial charge in [0.05, 0.1) is 5.69 Å². The summed E-state index contributed by atoms with van der Waals surface area (Å²) in [5.41, 5.74) is 0.365. The summed E-state index contributed by atoms with van der Waals surface area (Å²) in [6, 6.07) is 12.5. The highest BCUT2D eigenvalue weighted by atomic mass is 79.9. The van der Waals surface area contributed by atoms with E-state index in [4.69, 9.17) is 23.2 Å². The van der Waals surface area contributed by atoms with Gasteiger partial charge in [0, 0.05) is 20.9 Å². The largest absolute Gasteiger partial charge is 0.272 e. The minimum Gasteiger partial charge on any atom is -0.272 e. The topological polar surface area (TPSA) is 53.0 Å². The van der Waals surface area contributed by atoms with Crippen molar-refractivity contribution < 1.29 is 9.59 Å². The number of halogens is 3. The zero-order valence-electron chi connectivity index (χ0n) is 14.2. The van der Waals surface area contributed by atoms with Crippen molar-refractivity contribution in [2.45, 2.75) is 18.9 Å². The van der Waals surface area contributed by atoms with Crippen LogP contribution in [-0.2, 0) is 16.0 Å². The quantitative estimate of drug-likeness (QED) is 0.676. The zero-order valence-corrected chi connectivity index (χ0v) is 17.3. The van der Waals surface area contributed by atoms with Gasteiger partial charge in [-0.05, 0) is 42.8 Å². The highest BCUT2D eigenvalue weighted by Gasteiger charge is 2.57. The Balaban J connectivity index is 1.79. The fraction of sp³-hybridized carbons (Fsp3) is 0.211. The molecule has 0 unspecified atom stereocenters. The first kappa shape index (κ1) is 18.5. The number of carbonyl (C=O) groups is 2. The van der Waals surface area contributed by atoms with Crippen LogP contribution in [0.5, 0.6) is 0 Å². The maximum Gasteiger partial charge on any atom is 0.260 e. The maximum atomic E-state index is 13.4. The van der Waals surface area contributed by atoms with Crippen LogP contribution in [0.25, 0.3) is 0 Å². The van der Waals surface area contributed by atoms with Crippen molar-refractivity contribution in [3.05, 3.63) is 62.5 Å². The molecule has 0 radical (unpaired) electrons. The maximum absolute atomic E-state index is 13.4. The van der Waals surface area contributed by atoms with E-state index < -0.39 is 5.54 Å². The van der Waals surface area contributed by atoms with Gasteiger partial charge in [-0.1, -0.05) is 51.3 Å². The molecule has 2 aromatic carbocycles. The van der Waals surface area contributed by atoms with Crippen molar-refractivity contribution in [1.82, 2.24) is 4.90 Å². The Hall–Kier alpha value is -1.89. The third-order valence-corrected chi connectivity index (χ3v) is 5.69. The summed E-state index contributed by atoms with van der Waals surface area (Å²) in [4.78, 5) is 33.2. The number of hydrogen-bond donors (Lipinski definition) is 0. The fourth-order valence-electron chi connectivity index (χ4n) is 3.54. The van der Waals surface area contributed by atoms with Crippen molar-refractivity contribution in [2.75, 3.05) is 11.4 Å². The number of guanidine groups is 1. The summed E-state index contributed by atoms with van der Waals surface area (Å²) in [6.07, 6.45) is 0.370. The van der Waals surface area contributed by atoms with Crippen molar-refractivity contribution in [1.29, 1.82) is 0 Å². The summed E-state index contributed by atoms with van der Waals surface area (Å²) in [6.45, 7) is 1.78. The fourth-order valence-corrected chi connectivity index (χ4v) is 4.32. The molecular weight excluding hydrogens is 453 g/mol. The Morgan fingerprint density at radius 3 is 2.37 bits per heavy atom. The van der Waals surface area contributed by atoms with E-state index in [1.54, 1.807) is 25.1 Å². The molecule has 0 N–H and O–H groups in total. The number of aliphatic imine (C=N–C) groups is 1. The van der Waals surface area contributed by atoms with Gasteiger partial charge >= 0.3 is 0 Å². The van der Waals surface area contributed by atoms with Gasteiger partial charge in [-0.2, -0.15) is 0 Å². The highest BCUT2D eigenvalue weighted by molar-refractivity contribution is 9.10. The minimum absolute atomic E-state index is 0.0172. The van der Waals surface area contributed by atoms with Crippen LogP contribution in [0.3, 0.4) is 0 Å². The van der Waals surface area contributed by atoms with Crippen LogP contribution >= 0.6 is 39.1 Å². The lowest BCUT2D eigenvalue weighted by atomic mass is 9.91. The van der Waals surface area contributed by atoms with E-state index >= 15 is 0 Å². The van der Waals surface area contributed by atoms with Gasteiger partial charge in [-0.15, -0.1) is 0 Å². The second-order valence-corrected chi connectivity index (χ2v) is 8.48. The normalized spacial score (nSPS) is 21.7. The Morgan fingerprint density at radius 1 is 1.11 bits per heavy atom. The number of amides is 2. The molecule has 2 aliphatic heterocycles. The molecule has 5 nitrogen and oxygen atoms in total. The zero-order chi connectivity index (χ0) is 19.3. The van der Waals surface area contributed by atoms with E-state index in [-0.39, 0.29) is 18.4 Å². The first-order valence-electron chi connectivity index (χ1n) is 8.22. The summed E-state index contributed by atoms with van der Waals surface area (Å²) >= 11 is 15.6. The molecule has 1 atom stereocenters. The molecule has 2 aromatic rings. The van der Waals surface area contributed by atoms with Crippen LogP contribution in [0.15, 0.2) is 51.9 Å². The smallest absolute Gasteiger partial charge is 0.260 e. The van der Waals surface area contributed by atoms with Gasteiger partial charge in [0.2, 0.25) is 5.96 Å². The van der Waals surface area contributed by atoms with Gasteiger partial charge in [0.1, 0.15) is 12.1 Å². The summed E-state index contributed by atoms with van der Waals surface area (Å²) in [5, 5.41) is 0.812. The Kier molecular flexibility index (Phi) is 4.53. The standard InChI is InChI=1S/C19H14BrCl2N3O2/c1-19(9-11-2-4-12(20)5-3-11)17(27)24(18-23-10-16(26)25(18)19)15-7-13(21)6-14(22)8-15/h2-8H,9-10H2,1H3/t19-/m1/s1. The molecule has 138 valence electrons. The molecule has 4 rings (SSSR count). The van der Waals surface area contributed by atoms with Crippen molar-refractivity contribution in [3.63, 3.8) is 0 Å². The van der Waals surface area contributed by atoms with Crippen LogP contribution < -0.4 is 4.90 Å². The predicted molar refractivity (Wildman–Crippen MR) is 109 cm³/mol. The van der Waals surface area contributed by atoms with Crippen molar-refractivity contribution >= 4 is 62.6 Å². The van der Waals surface area contributed by atoms with E-state index in [0.717, 1.165) is 10.0 Å². The molecule has 0 saturated carbocycles. The molecule has 1 fully saturated rings. The first-order chi connectivity index (χ1) is 12.8. The molecule has 8 heteroatoms. The molecular formula is C19H14BrCl2N3O2. The lowest BCUT2D eigenvalue weighted by Gasteiger charge is -2.29. The van der Waals surface area contributed by atoms with Crippen LogP contribution in [-0.4, -0.2) is 34.8 Å². The molecule has 1 saturated heterocycles. The van der Waals surface area contributed by atoms with Gasteiger partial charge in [-0.3, -0.25) is 14.5 Å². The molecule has 0 aliphatic carbocycles. The van der Waals surface area contributed by atoms with E-state index in [1.165, 1.54) is 9.80 Å². The lowest BCUT2D eigenvalue weighted by molar-refractivity contribution is -0.135. The lowest BCUT2D eigenvalue weighted by Crippen LogP contribution is -2.50. The van der Waals surface area contributed by atoms with Gasteiger partial charge < -0.3 is 0 Å². The average Bonchev–Trinajstić information content (AvgIpc) is 3.07. The average molecular weight is 467 g/mol. The number of benzene rings is 2. The molecule has 2 amide bonds. The van der Waals surface area contributed by atoms with Gasteiger partial charge in [-0.25, -0.2) is 9.89 Å². The molecule has 2 aliphatic rings. The Morgan fingerprint density at radius 2 is 1.74 bits per heavy atom. The number of nitrogens with zero attached hydrogens (tertiary/aromatic N) is 3. The van der Waals surface area contributed by atoms with Gasteiger partial charge in [0.15, 0.2) is 0 Å². The number of carbonyl (C=O) groups excluding carboxylic acids is 2. The summed E-state index contributed by atoms with van der Waals surface area (Å²) in [5.74, 6) is -0.118. The van der Waals surface area contributed by atoms with E-state index in [1.807, 2.05) is 24.3 Å². The molecule has 0 bridgehead atoms. The third-order valence-electron chi connectivity index (χ3n) is 4.73. The van der Waals surface area contributed by atoms with Crippen LogP contribution in [0.1, 0.15) is 12.5 Å². The Labute approximate surface area is 174 Å². The summed E-state index contributed by atoms with van der Waals surface area (Å²) in [7, 11) is 0. The van der Waals surface area contributed by atoms with E-state index in [9.17, 15) is 9.59 Å². The molecule has 27 heavy (non-hydrogen) atoms. The van der Waals surface area contributed by atoms with Crippen LogP contribution in [0.2, 0.25) is 10.0 Å². The van der Waals surface area contributed by atoms with Crippen molar-refractivity contribution in [3.8, 4) is 0 Å². The number of anilines is 1. The van der Waals surface area contributed by atoms with E-state index in [0.29, 0.717) is 28.1 Å². The third kappa shape index (κ3) is 3.06. The molecule has 0 spiro atoms.